The van der Waals surface area contributed by atoms with Crippen molar-refractivity contribution in [2.45, 2.75) is 26.3 Å². The van der Waals surface area contributed by atoms with Gasteiger partial charge in [-0.25, -0.2) is 9.59 Å². The van der Waals surface area contributed by atoms with E-state index in [-0.39, 0.29) is 0 Å². The normalized spacial score (nSPS) is 10.9. The average molecular weight is 297 g/mol. The second kappa shape index (κ2) is 6.43. The van der Waals surface area contributed by atoms with Crippen LogP contribution in [0.1, 0.15) is 31.1 Å². The van der Waals surface area contributed by atoms with Gasteiger partial charge in [0.15, 0.2) is 0 Å². The van der Waals surface area contributed by atoms with E-state index in [4.69, 9.17) is 4.74 Å². The molecule has 114 valence electrons. The number of rotatable bonds is 2. The number of esters is 1. The van der Waals surface area contributed by atoms with Gasteiger partial charge in [0.25, 0.3) is 0 Å². The highest BCUT2D eigenvalue weighted by Crippen LogP contribution is 2.24. The molecule has 1 amide bonds. The lowest BCUT2D eigenvalue weighted by atomic mass is 10.1. The zero-order valence-electron chi connectivity index (χ0n) is 12.9. The topological polar surface area (TPSA) is 46.6 Å². The van der Waals surface area contributed by atoms with Crippen LogP contribution in [0, 0.1) is 0 Å². The first-order valence-corrected chi connectivity index (χ1v) is 7.06. The van der Waals surface area contributed by atoms with Crippen LogP contribution in [0.2, 0.25) is 0 Å². The molecule has 2 rings (SSSR count). The smallest absolute Gasteiger partial charge is 0.372 e. The van der Waals surface area contributed by atoms with Crippen molar-refractivity contribution in [3.8, 4) is 0 Å². The molecule has 0 aliphatic heterocycles. The first kappa shape index (κ1) is 15.8. The Morgan fingerprint density at radius 1 is 0.864 bits per heavy atom. The van der Waals surface area contributed by atoms with E-state index < -0.39 is 17.6 Å². The molecule has 0 atom stereocenters. The maximum Gasteiger partial charge on any atom is 0.422 e. The number of para-hydroxylation sites is 1. The van der Waals surface area contributed by atoms with E-state index in [1.54, 1.807) is 42.5 Å². The predicted octanol–water partition coefficient (Wildman–Crippen LogP) is 4.27. The first-order valence-electron chi connectivity index (χ1n) is 7.06. The molecule has 22 heavy (non-hydrogen) atoms. The highest BCUT2D eigenvalue weighted by atomic mass is 16.6. The number of nitrogens with zero attached hydrogens (tertiary/aromatic N) is 1. The number of hydrogen-bond donors (Lipinski definition) is 0. The first-order chi connectivity index (χ1) is 10.4. The third kappa shape index (κ3) is 3.73. The molecular formula is C18H19NO3. The van der Waals surface area contributed by atoms with Crippen LogP contribution < -0.4 is 4.90 Å². The van der Waals surface area contributed by atoms with Crippen LogP contribution in [0.15, 0.2) is 60.7 Å². The van der Waals surface area contributed by atoms with Gasteiger partial charge in [0.1, 0.15) is 0 Å². The number of hydrogen-bond acceptors (Lipinski definition) is 3. The highest BCUT2D eigenvalue weighted by molar-refractivity contribution is 6.01. The van der Waals surface area contributed by atoms with Crippen LogP contribution in [-0.4, -0.2) is 17.6 Å². The molecule has 0 aliphatic rings. The molecular weight excluding hydrogens is 278 g/mol. The number of ether oxygens (including phenoxy) is 1. The average Bonchev–Trinajstić information content (AvgIpc) is 2.48. The summed E-state index contributed by atoms with van der Waals surface area (Å²) in [6.45, 7) is 5.65. The summed E-state index contributed by atoms with van der Waals surface area (Å²) in [4.78, 5) is 26.0. The summed E-state index contributed by atoms with van der Waals surface area (Å²) < 4.78 is 5.03. The predicted molar refractivity (Wildman–Crippen MR) is 85.9 cm³/mol. The Bertz CT molecular complexity index is 645. The Balaban J connectivity index is 2.22. The van der Waals surface area contributed by atoms with Crippen molar-refractivity contribution in [1.82, 2.24) is 0 Å². The second-order valence-corrected chi connectivity index (χ2v) is 5.86. The molecule has 0 aromatic heterocycles. The Kier molecular flexibility index (Phi) is 4.61. The number of anilines is 1. The van der Waals surface area contributed by atoms with Gasteiger partial charge in [-0.15, -0.1) is 0 Å². The maximum atomic E-state index is 12.5. The van der Waals surface area contributed by atoms with E-state index in [1.807, 2.05) is 39.0 Å². The summed E-state index contributed by atoms with van der Waals surface area (Å²) in [5.41, 5.74) is 0.508. The minimum absolute atomic E-state index is 0.345. The minimum atomic E-state index is -0.687. The van der Waals surface area contributed by atoms with Crippen LogP contribution in [0.5, 0.6) is 0 Å². The number of benzene rings is 2. The van der Waals surface area contributed by atoms with Crippen LogP contribution in [-0.2, 0) is 4.74 Å². The molecule has 0 saturated carbocycles. The third-order valence-corrected chi connectivity index (χ3v) is 3.06. The van der Waals surface area contributed by atoms with Crippen molar-refractivity contribution >= 4 is 17.7 Å². The molecule has 0 unspecified atom stereocenters. The van der Waals surface area contributed by atoms with Gasteiger partial charge in [-0.2, -0.15) is 0 Å². The SMILES string of the molecule is CC(C)(C)N(C(=O)OC(=O)c1ccccc1)c1ccccc1. The molecule has 0 spiro atoms. The van der Waals surface area contributed by atoms with E-state index >= 15 is 0 Å². The molecule has 0 fully saturated rings. The molecule has 2 aromatic carbocycles. The van der Waals surface area contributed by atoms with Gasteiger partial charge >= 0.3 is 12.1 Å². The summed E-state index contributed by atoms with van der Waals surface area (Å²) in [6.07, 6.45) is -0.687. The fourth-order valence-corrected chi connectivity index (χ4v) is 2.10. The maximum absolute atomic E-state index is 12.5. The van der Waals surface area contributed by atoms with Gasteiger partial charge < -0.3 is 4.74 Å². The molecule has 0 radical (unpaired) electrons. The van der Waals surface area contributed by atoms with Gasteiger partial charge in [-0.05, 0) is 45.0 Å². The lowest BCUT2D eigenvalue weighted by Crippen LogP contribution is -2.46. The fraction of sp³-hybridized carbons (Fsp3) is 0.222. The van der Waals surface area contributed by atoms with E-state index in [9.17, 15) is 9.59 Å². The van der Waals surface area contributed by atoms with Gasteiger partial charge in [0.2, 0.25) is 0 Å². The van der Waals surface area contributed by atoms with Crippen molar-refractivity contribution in [3.05, 3.63) is 66.2 Å². The summed E-state index contributed by atoms with van der Waals surface area (Å²) in [6, 6.07) is 17.6. The lowest BCUT2D eigenvalue weighted by molar-refractivity contribution is 0.0628. The molecule has 2 aromatic rings. The van der Waals surface area contributed by atoms with Gasteiger partial charge in [-0.3, -0.25) is 4.90 Å². The minimum Gasteiger partial charge on any atom is -0.372 e. The fourth-order valence-electron chi connectivity index (χ4n) is 2.10. The third-order valence-electron chi connectivity index (χ3n) is 3.06. The molecule has 4 heteroatoms. The van der Waals surface area contributed by atoms with Crippen LogP contribution in [0.3, 0.4) is 0 Å². The number of carbonyl (C=O) groups is 2. The van der Waals surface area contributed by atoms with E-state index in [0.717, 1.165) is 0 Å². The zero-order chi connectivity index (χ0) is 16.2. The van der Waals surface area contributed by atoms with Crippen LogP contribution in [0.4, 0.5) is 10.5 Å². The zero-order valence-corrected chi connectivity index (χ0v) is 12.9. The van der Waals surface area contributed by atoms with Gasteiger partial charge in [-0.1, -0.05) is 36.4 Å². The van der Waals surface area contributed by atoms with E-state index in [1.165, 1.54) is 4.90 Å². The standard InChI is InChI=1S/C18H19NO3/c1-18(2,3)19(15-12-8-5-9-13-15)17(21)22-16(20)14-10-6-4-7-11-14/h4-13H,1-3H3. The van der Waals surface area contributed by atoms with Crippen molar-refractivity contribution in [2.75, 3.05) is 4.90 Å². The molecule has 0 bridgehead atoms. The van der Waals surface area contributed by atoms with Crippen molar-refractivity contribution in [1.29, 1.82) is 0 Å². The van der Waals surface area contributed by atoms with Crippen molar-refractivity contribution in [2.24, 2.45) is 0 Å². The Morgan fingerprint density at radius 3 is 1.86 bits per heavy atom. The second-order valence-electron chi connectivity index (χ2n) is 5.86. The lowest BCUT2D eigenvalue weighted by Gasteiger charge is -2.34. The number of amides is 1. The Labute approximate surface area is 130 Å². The Hall–Kier alpha value is -2.62. The summed E-state index contributed by atoms with van der Waals surface area (Å²) in [7, 11) is 0. The summed E-state index contributed by atoms with van der Waals surface area (Å²) in [5, 5.41) is 0. The van der Waals surface area contributed by atoms with E-state index in [2.05, 4.69) is 0 Å². The Morgan fingerprint density at radius 2 is 1.36 bits per heavy atom. The summed E-state index contributed by atoms with van der Waals surface area (Å²) >= 11 is 0. The highest BCUT2D eigenvalue weighted by Gasteiger charge is 2.31. The number of carbonyl (C=O) groups excluding carboxylic acids is 2. The monoisotopic (exact) mass is 297 g/mol. The molecule has 0 aliphatic carbocycles. The summed E-state index contributed by atoms with van der Waals surface area (Å²) in [5.74, 6) is -0.657. The molecule has 0 heterocycles. The van der Waals surface area contributed by atoms with Crippen LogP contribution >= 0.6 is 0 Å². The van der Waals surface area contributed by atoms with Gasteiger partial charge in [0, 0.05) is 11.2 Å². The van der Waals surface area contributed by atoms with Crippen molar-refractivity contribution < 1.29 is 14.3 Å². The molecule has 4 nitrogen and oxygen atoms in total. The quantitative estimate of drug-likeness (QED) is 0.614. The molecule has 0 N–H and O–H groups in total. The van der Waals surface area contributed by atoms with Gasteiger partial charge in [0.05, 0.1) is 5.56 Å². The van der Waals surface area contributed by atoms with Crippen LogP contribution in [0.25, 0.3) is 0 Å². The van der Waals surface area contributed by atoms with Crippen molar-refractivity contribution in [3.63, 3.8) is 0 Å². The largest absolute Gasteiger partial charge is 0.422 e. The molecule has 0 saturated heterocycles. The van der Waals surface area contributed by atoms with E-state index in [0.29, 0.717) is 11.3 Å².